The Hall–Kier alpha value is -1.16. The Balaban J connectivity index is 2.67. The van der Waals surface area contributed by atoms with Gasteiger partial charge < -0.3 is 4.57 Å². The van der Waals surface area contributed by atoms with E-state index in [9.17, 15) is 8.78 Å². The lowest BCUT2D eigenvalue weighted by molar-refractivity contribution is 0.475. The van der Waals surface area contributed by atoms with Crippen LogP contribution in [0.4, 0.5) is 8.78 Å². The molecule has 2 rings (SSSR count). The summed E-state index contributed by atoms with van der Waals surface area (Å²) >= 11 is 5.77. The predicted molar refractivity (Wildman–Crippen MR) is 73.7 cm³/mol. The molecule has 104 valence electrons. The highest BCUT2D eigenvalue weighted by molar-refractivity contribution is 6.17. The number of rotatable bonds is 5. The van der Waals surface area contributed by atoms with Crippen molar-refractivity contribution in [1.82, 2.24) is 9.55 Å². The Morgan fingerprint density at radius 2 is 2.11 bits per heavy atom. The minimum Gasteiger partial charge on any atom is -0.323 e. The van der Waals surface area contributed by atoms with Gasteiger partial charge in [-0.05, 0) is 25.5 Å². The Morgan fingerprint density at radius 3 is 2.74 bits per heavy atom. The van der Waals surface area contributed by atoms with Crippen LogP contribution in [0.2, 0.25) is 0 Å². The number of imidazole rings is 1. The van der Waals surface area contributed by atoms with E-state index in [0.717, 1.165) is 24.7 Å². The average molecular weight is 287 g/mol. The monoisotopic (exact) mass is 286 g/mol. The third kappa shape index (κ3) is 2.59. The maximum absolute atomic E-state index is 14.0. The fraction of sp³-hybridized carbons (Fsp3) is 0.500. The van der Waals surface area contributed by atoms with Gasteiger partial charge in [0.05, 0.1) is 5.52 Å². The Labute approximate surface area is 116 Å². The van der Waals surface area contributed by atoms with Gasteiger partial charge in [-0.2, -0.15) is 0 Å². The van der Waals surface area contributed by atoms with Crippen LogP contribution >= 0.6 is 11.6 Å². The minimum absolute atomic E-state index is 0.0736. The number of hydrogen-bond acceptors (Lipinski definition) is 1. The molecule has 5 heteroatoms. The molecule has 1 heterocycles. The number of aryl methyl sites for hydroxylation is 1. The summed E-state index contributed by atoms with van der Waals surface area (Å²) < 4.78 is 29.3. The second-order valence-electron chi connectivity index (χ2n) is 4.70. The van der Waals surface area contributed by atoms with Crippen LogP contribution in [-0.4, -0.2) is 15.4 Å². The molecule has 1 unspecified atom stereocenters. The first kappa shape index (κ1) is 14.3. The molecular weight excluding hydrogens is 270 g/mol. The van der Waals surface area contributed by atoms with Gasteiger partial charge in [0.15, 0.2) is 11.6 Å². The van der Waals surface area contributed by atoms with Crippen LogP contribution < -0.4 is 0 Å². The zero-order chi connectivity index (χ0) is 14.0. The number of hydrogen-bond donors (Lipinski definition) is 0. The summed E-state index contributed by atoms with van der Waals surface area (Å²) in [5.74, 6) is -0.536. The van der Waals surface area contributed by atoms with E-state index in [1.165, 1.54) is 6.07 Å². The summed E-state index contributed by atoms with van der Waals surface area (Å²) in [7, 11) is 0. The number of fused-ring (bicyclic) bond motifs is 1. The molecule has 0 saturated heterocycles. The lowest BCUT2D eigenvalue weighted by atomic mass is 10.1. The maximum Gasteiger partial charge on any atom is 0.184 e. The van der Waals surface area contributed by atoms with Gasteiger partial charge in [0.2, 0.25) is 0 Å². The second-order valence-corrected chi connectivity index (χ2v) is 5.08. The zero-order valence-corrected chi connectivity index (χ0v) is 11.8. The van der Waals surface area contributed by atoms with Gasteiger partial charge in [-0.15, -0.1) is 11.6 Å². The number of halogens is 3. The minimum atomic E-state index is -0.838. The number of alkyl halides is 1. The van der Waals surface area contributed by atoms with E-state index in [0.29, 0.717) is 17.8 Å². The van der Waals surface area contributed by atoms with Crippen LogP contribution in [0.15, 0.2) is 12.1 Å². The van der Waals surface area contributed by atoms with E-state index < -0.39 is 11.6 Å². The van der Waals surface area contributed by atoms with Gasteiger partial charge in [0, 0.05) is 18.3 Å². The van der Waals surface area contributed by atoms with Crippen molar-refractivity contribution in [3.8, 4) is 0 Å². The molecule has 0 aliphatic heterocycles. The predicted octanol–water partition coefficient (Wildman–Crippen LogP) is 4.46. The summed E-state index contributed by atoms with van der Waals surface area (Å²) in [6.45, 7) is 4.06. The Kier molecular flexibility index (Phi) is 4.40. The lowest BCUT2D eigenvalue weighted by Gasteiger charge is -2.17. The number of nitrogens with zero attached hydrogens (tertiary/aromatic N) is 2. The quantitative estimate of drug-likeness (QED) is 0.742. The molecule has 0 aliphatic rings. The molecule has 0 radical (unpaired) electrons. The summed E-state index contributed by atoms with van der Waals surface area (Å²) in [5.41, 5.74) is 0.739. The highest BCUT2D eigenvalue weighted by Gasteiger charge is 2.20. The van der Waals surface area contributed by atoms with E-state index in [1.54, 1.807) is 4.57 Å². The molecule has 0 fully saturated rings. The zero-order valence-electron chi connectivity index (χ0n) is 11.1. The van der Waals surface area contributed by atoms with Crippen molar-refractivity contribution in [2.24, 2.45) is 0 Å². The SMILES string of the molecule is CCCC(C)n1c(CCCl)nc2ccc(F)c(F)c21. The van der Waals surface area contributed by atoms with Gasteiger partial charge >= 0.3 is 0 Å². The van der Waals surface area contributed by atoms with E-state index in [-0.39, 0.29) is 11.6 Å². The molecule has 2 nitrogen and oxygen atoms in total. The third-order valence-corrected chi connectivity index (χ3v) is 3.47. The molecule has 0 spiro atoms. The van der Waals surface area contributed by atoms with Crippen molar-refractivity contribution in [3.63, 3.8) is 0 Å². The fourth-order valence-corrected chi connectivity index (χ4v) is 2.62. The largest absolute Gasteiger partial charge is 0.323 e. The van der Waals surface area contributed by atoms with Crippen molar-refractivity contribution in [1.29, 1.82) is 0 Å². The molecule has 0 amide bonds. The Morgan fingerprint density at radius 1 is 1.37 bits per heavy atom. The van der Waals surface area contributed by atoms with E-state index in [1.807, 2.05) is 6.92 Å². The van der Waals surface area contributed by atoms with E-state index in [2.05, 4.69) is 11.9 Å². The first-order chi connectivity index (χ1) is 9.10. The van der Waals surface area contributed by atoms with Crippen molar-refractivity contribution in [2.45, 2.75) is 39.2 Å². The topological polar surface area (TPSA) is 17.8 Å². The third-order valence-electron chi connectivity index (χ3n) is 3.28. The average Bonchev–Trinajstić information content (AvgIpc) is 2.74. The standard InChI is InChI=1S/C14H17ClF2N2/c1-3-4-9(2)19-12(7-8-15)18-11-6-5-10(16)13(17)14(11)19/h5-6,9H,3-4,7-8H2,1-2H3. The van der Waals surface area contributed by atoms with Crippen molar-refractivity contribution in [2.75, 3.05) is 5.88 Å². The molecule has 0 aliphatic carbocycles. The van der Waals surface area contributed by atoms with Crippen LogP contribution in [0.5, 0.6) is 0 Å². The van der Waals surface area contributed by atoms with Gasteiger partial charge in [-0.3, -0.25) is 0 Å². The van der Waals surface area contributed by atoms with Crippen molar-refractivity contribution >= 4 is 22.6 Å². The Bertz CT molecular complexity index is 580. The molecule has 0 bridgehead atoms. The molecule has 2 aromatic rings. The van der Waals surface area contributed by atoms with Gasteiger partial charge in [-0.1, -0.05) is 13.3 Å². The van der Waals surface area contributed by atoms with E-state index >= 15 is 0 Å². The van der Waals surface area contributed by atoms with Crippen molar-refractivity contribution in [3.05, 3.63) is 29.6 Å². The smallest absolute Gasteiger partial charge is 0.184 e. The first-order valence-electron chi connectivity index (χ1n) is 6.50. The molecule has 0 saturated carbocycles. The van der Waals surface area contributed by atoms with Crippen LogP contribution in [0.3, 0.4) is 0 Å². The highest BCUT2D eigenvalue weighted by Crippen LogP contribution is 2.27. The van der Waals surface area contributed by atoms with Crippen LogP contribution in [0, 0.1) is 11.6 Å². The highest BCUT2D eigenvalue weighted by atomic mass is 35.5. The molecule has 19 heavy (non-hydrogen) atoms. The summed E-state index contributed by atoms with van der Waals surface area (Å²) in [5, 5.41) is 0. The van der Waals surface area contributed by atoms with E-state index in [4.69, 9.17) is 11.6 Å². The van der Waals surface area contributed by atoms with Crippen LogP contribution in [-0.2, 0) is 6.42 Å². The molecule has 0 N–H and O–H groups in total. The van der Waals surface area contributed by atoms with Crippen LogP contribution in [0.25, 0.3) is 11.0 Å². The number of benzene rings is 1. The molecule has 1 atom stereocenters. The summed E-state index contributed by atoms with van der Waals surface area (Å²) in [6, 6.07) is 2.70. The molecule has 1 aromatic heterocycles. The second kappa shape index (κ2) is 5.87. The summed E-state index contributed by atoms with van der Waals surface area (Å²) in [6.07, 6.45) is 2.40. The maximum atomic E-state index is 14.0. The normalized spacial score (nSPS) is 13.1. The number of aromatic nitrogens is 2. The van der Waals surface area contributed by atoms with Gasteiger partial charge in [0.1, 0.15) is 11.3 Å². The van der Waals surface area contributed by atoms with Crippen molar-refractivity contribution < 1.29 is 8.78 Å². The molecule has 1 aromatic carbocycles. The lowest BCUT2D eigenvalue weighted by Crippen LogP contribution is -2.11. The first-order valence-corrected chi connectivity index (χ1v) is 7.04. The summed E-state index contributed by atoms with van der Waals surface area (Å²) in [4.78, 5) is 4.38. The fourth-order valence-electron chi connectivity index (χ4n) is 2.45. The van der Waals surface area contributed by atoms with Gasteiger partial charge in [-0.25, -0.2) is 13.8 Å². The van der Waals surface area contributed by atoms with Crippen LogP contribution in [0.1, 0.15) is 38.6 Å². The van der Waals surface area contributed by atoms with Gasteiger partial charge in [0.25, 0.3) is 0 Å². The molecular formula is C14H17ClF2N2.